The third-order valence-corrected chi connectivity index (χ3v) is 2.55. The molecule has 0 saturated carbocycles. The number of aliphatic hydroxyl groups excluding tert-OH is 2. The normalized spacial score (nSPS) is 14.2. The number of methoxy groups -OCH3 is 1. The van der Waals surface area contributed by atoms with Gasteiger partial charge in [-0.15, -0.1) is 0 Å². The van der Waals surface area contributed by atoms with E-state index < -0.39 is 35.5 Å². The van der Waals surface area contributed by atoms with Crippen LogP contribution in [0, 0.1) is 11.3 Å². The molecule has 0 aromatic heterocycles. The fourth-order valence-corrected chi connectivity index (χ4v) is 1.51. The van der Waals surface area contributed by atoms with E-state index in [1.165, 1.54) is 6.07 Å². The molecule has 108 valence electrons. The van der Waals surface area contributed by atoms with Crippen molar-refractivity contribution in [3.05, 3.63) is 34.9 Å². The van der Waals surface area contributed by atoms with Gasteiger partial charge in [0.15, 0.2) is 6.10 Å². The van der Waals surface area contributed by atoms with Crippen LogP contribution in [0.2, 0.25) is 0 Å². The summed E-state index contributed by atoms with van der Waals surface area (Å²) in [5, 5.41) is 27.6. The maximum atomic E-state index is 12.7. The number of esters is 1. The number of hydrogen-bond donors (Lipinski definition) is 2. The van der Waals surface area contributed by atoms with E-state index in [9.17, 15) is 28.2 Å². The number of nitrogens with zero attached hydrogens (tertiary/aromatic N) is 1. The first-order valence-electron chi connectivity index (χ1n) is 5.27. The second-order valence-corrected chi connectivity index (χ2v) is 3.83. The molecule has 0 heterocycles. The summed E-state index contributed by atoms with van der Waals surface area (Å²) in [5.74, 6) is -1.18. The SMILES string of the molecule is COC(=O)C(O)C(O)c1ccc(C#N)c(C(F)(F)F)c1. The second kappa shape index (κ2) is 5.90. The summed E-state index contributed by atoms with van der Waals surface area (Å²) in [5.41, 5.74) is -2.23. The van der Waals surface area contributed by atoms with Gasteiger partial charge in [0, 0.05) is 0 Å². The first-order chi connectivity index (χ1) is 9.22. The summed E-state index contributed by atoms with van der Waals surface area (Å²) in [6, 6.07) is 3.76. The molecule has 1 aromatic carbocycles. The Hall–Kier alpha value is -2.11. The quantitative estimate of drug-likeness (QED) is 0.814. The molecule has 0 saturated heterocycles. The number of ether oxygens (including phenoxy) is 1. The number of nitriles is 1. The van der Waals surface area contributed by atoms with Crippen molar-refractivity contribution in [2.24, 2.45) is 0 Å². The minimum absolute atomic E-state index is 0.353. The minimum Gasteiger partial charge on any atom is -0.467 e. The van der Waals surface area contributed by atoms with Crippen LogP contribution in [0.4, 0.5) is 13.2 Å². The van der Waals surface area contributed by atoms with E-state index in [-0.39, 0.29) is 5.56 Å². The van der Waals surface area contributed by atoms with Gasteiger partial charge in [-0.2, -0.15) is 18.4 Å². The van der Waals surface area contributed by atoms with Crippen molar-refractivity contribution in [1.29, 1.82) is 5.26 Å². The first kappa shape index (κ1) is 15.9. The number of rotatable bonds is 3. The van der Waals surface area contributed by atoms with Crippen LogP contribution >= 0.6 is 0 Å². The van der Waals surface area contributed by atoms with Gasteiger partial charge in [0.1, 0.15) is 6.10 Å². The summed E-state index contributed by atoms with van der Waals surface area (Å²) in [7, 11) is 0.957. The largest absolute Gasteiger partial charge is 0.467 e. The molecular formula is C12H10F3NO4. The number of aliphatic hydroxyl groups is 2. The summed E-state index contributed by atoms with van der Waals surface area (Å²) in [6.07, 6.45) is -8.71. The molecule has 0 spiro atoms. The Balaban J connectivity index is 3.22. The van der Waals surface area contributed by atoms with Gasteiger partial charge in [-0.25, -0.2) is 4.79 Å². The van der Waals surface area contributed by atoms with Gasteiger partial charge in [0.25, 0.3) is 0 Å². The third-order valence-electron chi connectivity index (χ3n) is 2.55. The number of hydrogen-bond acceptors (Lipinski definition) is 5. The number of carbonyl (C=O) groups is 1. The van der Waals surface area contributed by atoms with E-state index in [4.69, 9.17) is 5.26 Å². The van der Waals surface area contributed by atoms with Crippen molar-refractivity contribution in [3.63, 3.8) is 0 Å². The van der Waals surface area contributed by atoms with Crippen molar-refractivity contribution in [3.8, 4) is 6.07 Å². The lowest BCUT2D eigenvalue weighted by Crippen LogP contribution is -2.29. The summed E-state index contributed by atoms with van der Waals surface area (Å²) >= 11 is 0. The standard InChI is InChI=1S/C12H10F3NO4/c1-20-11(19)10(18)9(17)6-2-3-7(5-16)8(4-6)12(13,14)15/h2-4,9-10,17-18H,1H3. The van der Waals surface area contributed by atoms with Crippen LogP contribution in [0.5, 0.6) is 0 Å². The molecule has 0 amide bonds. The van der Waals surface area contributed by atoms with Crippen LogP contribution in [0.3, 0.4) is 0 Å². The number of carbonyl (C=O) groups excluding carboxylic acids is 1. The zero-order valence-corrected chi connectivity index (χ0v) is 10.2. The minimum atomic E-state index is -4.79. The zero-order valence-electron chi connectivity index (χ0n) is 10.2. The molecule has 1 rings (SSSR count). The molecule has 8 heteroatoms. The molecule has 0 aliphatic rings. The number of alkyl halides is 3. The number of benzene rings is 1. The second-order valence-electron chi connectivity index (χ2n) is 3.83. The first-order valence-corrected chi connectivity index (χ1v) is 5.27. The van der Waals surface area contributed by atoms with Gasteiger partial charge in [0.2, 0.25) is 0 Å². The topological polar surface area (TPSA) is 90.6 Å². The van der Waals surface area contributed by atoms with Gasteiger partial charge in [-0.05, 0) is 17.7 Å². The lowest BCUT2D eigenvalue weighted by Gasteiger charge is -2.18. The average molecular weight is 289 g/mol. The van der Waals surface area contributed by atoms with E-state index in [0.717, 1.165) is 19.2 Å². The van der Waals surface area contributed by atoms with Crippen molar-refractivity contribution in [2.45, 2.75) is 18.4 Å². The predicted molar refractivity (Wildman–Crippen MR) is 59.1 cm³/mol. The molecule has 2 unspecified atom stereocenters. The Morgan fingerprint density at radius 1 is 1.40 bits per heavy atom. The van der Waals surface area contributed by atoms with Crippen LogP contribution in [0.1, 0.15) is 22.8 Å². The van der Waals surface area contributed by atoms with Crippen LogP contribution in [0.15, 0.2) is 18.2 Å². The highest BCUT2D eigenvalue weighted by Gasteiger charge is 2.35. The highest BCUT2D eigenvalue weighted by atomic mass is 19.4. The fraction of sp³-hybridized carbons (Fsp3) is 0.333. The van der Waals surface area contributed by atoms with E-state index >= 15 is 0 Å². The van der Waals surface area contributed by atoms with Gasteiger partial charge in [-0.3, -0.25) is 0 Å². The van der Waals surface area contributed by atoms with Gasteiger partial charge >= 0.3 is 12.1 Å². The van der Waals surface area contributed by atoms with Crippen LogP contribution in [-0.4, -0.2) is 29.4 Å². The van der Waals surface area contributed by atoms with Gasteiger partial charge < -0.3 is 14.9 Å². The third kappa shape index (κ3) is 3.26. The smallest absolute Gasteiger partial charge is 0.417 e. The number of halogens is 3. The maximum Gasteiger partial charge on any atom is 0.417 e. The van der Waals surface area contributed by atoms with E-state index in [1.807, 2.05) is 0 Å². The highest BCUT2D eigenvalue weighted by molar-refractivity contribution is 5.75. The van der Waals surface area contributed by atoms with Crippen molar-refractivity contribution >= 4 is 5.97 Å². The molecular weight excluding hydrogens is 279 g/mol. The summed E-state index contributed by atoms with van der Waals surface area (Å²) in [6.45, 7) is 0. The Bertz CT molecular complexity index is 551. The van der Waals surface area contributed by atoms with E-state index in [0.29, 0.717) is 6.07 Å². The van der Waals surface area contributed by atoms with Crippen LogP contribution < -0.4 is 0 Å². The molecule has 0 fully saturated rings. The van der Waals surface area contributed by atoms with Crippen molar-refractivity contribution in [2.75, 3.05) is 7.11 Å². The lowest BCUT2D eigenvalue weighted by atomic mass is 9.98. The molecule has 0 aliphatic heterocycles. The summed E-state index contributed by atoms with van der Waals surface area (Å²) in [4.78, 5) is 11.0. The Morgan fingerprint density at radius 2 is 2.00 bits per heavy atom. The van der Waals surface area contributed by atoms with Gasteiger partial charge in [-0.1, -0.05) is 6.07 Å². The molecule has 2 atom stereocenters. The van der Waals surface area contributed by atoms with E-state index in [1.54, 1.807) is 0 Å². The average Bonchev–Trinajstić information content (AvgIpc) is 2.43. The molecule has 0 bridgehead atoms. The Labute approximate surface area is 111 Å². The summed E-state index contributed by atoms with van der Waals surface area (Å²) < 4.78 is 42.3. The highest BCUT2D eigenvalue weighted by Crippen LogP contribution is 2.34. The molecule has 2 N–H and O–H groups in total. The molecule has 0 radical (unpaired) electrons. The Kier molecular flexibility index (Phi) is 4.70. The van der Waals surface area contributed by atoms with Crippen molar-refractivity contribution in [1.82, 2.24) is 0 Å². The fourth-order valence-electron chi connectivity index (χ4n) is 1.51. The van der Waals surface area contributed by atoms with Crippen LogP contribution in [-0.2, 0) is 15.7 Å². The molecule has 1 aromatic rings. The lowest BCUT2D eigenvalue weighted by molar-refractivity contribution is -0.156. The van der Waals surface area contributed by atoms with Gasteiger partial charge in [0.05, 0.1) is 24.3 Å². The van der Waals surface area contributed by atoms with Crippen LogP contribution in [0.25, 0.3) is 0 Å². The predicted octanol–water partition coefficient (Wildman–Crippen LogP) is 1.14. The Morgan fingerprint density at radius 3 is 2.45 bits per heavy atom. The monoisotopic (exact) mass is 289 g/mol. The van der Waals surface area contributed by atoms with E-state index in [2.05, 4.69) is 4.74 Å². The molecule has 0 aliphatic carbocycles. The zero-order chi connectivity index (χ0) is 15.5. The van der Waals surface area contributed by atoms with Crippen molar-refractivity contribution < 1.29 is 32.9 Å². The maximum absolute atomic E-state index is 12.7. The molecule has 20 heavy (non-hydrogen) atoms. The molecule has 5 nitrogen and oxygen atoms in total.